The summed E-state index contributed by atoms with van der Waals surface area (Å²) in [5.41, 5.74) is 1.34. The normalized spacial score (nSPS) is 10.7. The molecule has 4 aromatic rings. The van der Waals surface area contributed by atoms with E-state index in [4.69, 9.17) is 4.52 Å². The molecule has 0 radical (unpaired) electrons. The molecule has 0 bridgehead atoms. The van der Waals surface area contributed by atoms with Crippen molar-refractivity contribution in [2.24, 2.45) is 0 Å². The molecule has 1 aromatic carbocycles. The highest BCUT2D eigenvalue weighted by atomic mass is 16.5. The second-order valence-corrected chi connectivity index (χ2v) is 4.97. The highest BCUT2D eigenvalue weighted by Crippen LogP contribution is 2.18. The van der Waals surface area contributed by atoms with Gasteiger partial charge in [0.05, 0.1) is 5.69 Å². The number of benzene rings is 1. The first-order valence-corrected chi connectivity index (χ1v) is 7.21. The molecular formula is C17H11N5O2. The van der Waals surface area contributed by atoms with E-state index >= 15 is 0 Å². The molecule has 0 fully saturated rings. The van der Waals surface area contributed by atoms with Crippen LogP contribution in [0.15, 0.2) is 76.4 Å². The number of hydrogen-bond donors (Lipinski definition) is 0. The van der Waals surface area contributed by atoms with E-state index in [1.807, 2.05) is 36.4 Å². The average molecular weight is 317 g/mol. The van der Waals surface area contributed by atoms with Crippen LogP contribution in [-0.4, -0.2) is 24.9 Å². The third-order valence-corrected chi connectivity index (χ3v) is 3.38. The summed E-state index contributed by atoms with van der Waals surface area (Å²) < 4.78 is 6.80. The van der Waals surface area contributed by atoms with Crippen LogP contribution in [0, 0.1) is 0 Å². The smallest absolute Gasteiger partial charge is 0.282 e. The van der Waals surface area contributed by atoms with E-state index < -0.39 is 0 Å². The Kier molecular flexibility index (Phi) is 3.43. The minimum absolute atomic E-state index is 0.0733. The molecule has 0 unspecified atom stereocenters. The molecule has 0 spiro atoms. The molecule has 0 aliphatic carbocycles. The molecule has 116 valence electrons. The van der Waals surface area contributed by atoms with Gasteiger partial charge in [-0.05, 0) is 24.3 Å². The van der Waals surface area contributed by atoms with E-state index in [-0.39, 0.29) is 17.0 Å². The lowest BCUT2D eigenvalue weighted by molar-refractivity contribution is 0.429. The van der Waals surface area contributed by atoms with Crippen LogP contribution in [-0.2, 0) is 0 Å². The molecule has 0 amide bonds. The summed E-state index contributed by atoms with van der Waals surface area (Å²) in [5.74, 6) is 0.429. The maximum atomic E-state index is 12.1. The van der Waals surface area contributed by atoms with Crippen molar-refractivity contribution < 1.29 is 4.52 Å². The number of para-hydroxylation sites is 1. The van der Waals surface area contributed by atoms with E-state index in [1.54, 1.807) is 29.3 Å². The van der Waals surface area contributed by atoms with Crippen molar-refractivity contribution in [1.29, 1.82) is 0 Å². The number of hydrogen-bond acceptors (Lipinski definition) is 6. The van der Waals surface area contributed by atoms with Crippen LogP contribution in [0.1, 0.15) is 0 Å². The Morgan fingerprint density at radius 1 is 1.00 bits per heavy atom. The van der Waals surface area contributed by atoms with E-state index in [1.165, 1.54) is 6.07 Å². The van der Waals surface area contributed by atoms with Crippen molar-refractivity contribution in [1.82, 2.24) is 24.9 Å². The molecule has 24 heavy (non-hydrogen) atoms. The fourth-order valence-electron chi connectivity index (χ4n) is 2.21. The van der Waals surface area contributed by atoms with Crippen molar-refractivity contribution in [3.63, 3.8) is 0 Å². The quantitative estimate of drug-likeness (QED) is 0.576. The van der Waals surface area contributed by atoms with Crippen LogP contribution in [0.5, 0.6) is 0 Å². The van der Waals surface area contributed by atoms with Crippen LogP contribution in [0.25, 0.3) is 28.7 Å². The Hall–Kier alpha value is -3.61. The first-order valence-electron chi connectivity index (χ1n) is 7.21. The first-order chi connectivity index (χ1) is 11.8. The topological polar surface area (TPSA) is 86.7 Å². The Labute approximate surface area is 136 Å². The molecule has 0 N–H and O–H groups in total. The van der Waals surface area contributed by atoms with Crippen molar-refractivity contribution in [2.75, 3.05) is 0 Å². The van der Waals surface area contributed by atoms with Gasteiger partial charge < -0.3 is 4.52 Å². The van der Waals surface area contributed by atoms with Gasteiger partial charge in [0.2, 0.25) is 11.3 Å². The third-order valence-electron chi connectivity index (χ3n) is 3.38. The van der Waals surface area contributed by atoms with Crippen molar-refractivity contribution in [3.8, 4) is 28.7 Å². The highest BCUT2D eigenvalue weighted by molar-refractivity contribution is 5.56. The minimum Gasteiger partial charge on any atom is -0.332 e. The monoisotopic (exact) mass is 317 g/mol. The number of aromatic nitrogens is 5. The summed E-state index contributed by atoms with van der Waals surface area (Å²) in [6.07, 6.45) is 4.87. The summed E-state index contributed by atoms with van der Waals surface area (Å²) in [6.45, 7) is 0. The van der Waals surface area contributed by atoms with Gasteiger partial charge in [0.15, 0.2) is 5.69 Å². The fraction of sp³-hybridized carbons (Fsp3) is 0. The fourth-order valence-corrected chi connectivity index (χ4v) is 2.21. The van der Waals surface area contributed by atoms with Gasteiger partial charge in [-0.1, -0.05) is 23.4 Å². The van der Waals surface area contributed by atoms with Gasteiger partial charge in [0, 0.05) is 30.2 Å². The van der Waals surface area contributed by atoms with Crippen LogP contribution < -0.4 is 5.43 Å². The van der Waals surface area contributed by atoms with Crippen molar-refractivity contribution >= 4 is 0 Å². The zero-order chi connectivity index (χ0) is 16.4. The highest BCUT2D eigenvalue weighted by Gasteiger charge is 2.16. The predicted octanol–water partition coefficient (Wildman–Crippen LogP) is 2.34. The standard InChI is InChI=1S/C17H11N5O2/c23-14-8-10-22(13-6-2-1-3-7-13)20-15(14)17-19-16(21-24-17)12-5-4-9-18-11-12/h1-11H. The summed E-state index contributed by atoms with van der Waals surface area (Å²) in [4.78, 5) is 20.4. The molecule has 0 aliphatic rings. The van der Waals surface area contributed by atoms with E-state index in [9.17, 15) is 4.79 Å². The number of rotatable bonds is 3. The molecule has 0 atom stereocenters. The second kappa shape index (κ2) is 5.88. The maximum Gasteiger partial charge on any atom is 0.282 e. The predicted molar refractivity (Wildman–Crippen MR) is 86.4 cm³/mol. The Morgan fingerprint density at radius 2 is 1.88 bits per heavy atom. The maximum absolute atomic E-state index is 12.1. The van der Waals surface area contributed by atoms with Crippen LogP contribution in [0.2, 0.25) is 0 Å². The number of nitrogens with zero attached hydrogens (tertiary/aromatic N) is 5. The SMILES string of the molecule is O=c1ccn(-c2ccccc2)nc1-c1nc(-c2cccnc2)no1. The molecule has 3 heterocycles. The molecule has 7 heteroatoms. The van der Waals surface area contributed by atoms with Gasteiger partial charge >= 0.3 is 0 Å². The average Bonchev–Trinajstić information content (AvgIpc) is 3.13. The zero-order valence-corrected chi connectivity index (χ0v) is 12.4. The molecule has 3 aromatic heterocycles. The number of pyridine rings is 1. The van der Waals surface area contributed by atoms with E-state index in [0.29, 0.717) is 11.4 Å². The van der Waals surface area contributed by atoms with Gasteiger partial charge in [0.25, 0.3) is 5.89 Å². The Bertz CT molecular complexity index is 1030. The van der Waals surface area contributed by atoms with E-state index in [0.717, 1.165) is 5.69 Å². The molecular weight excluding hydrogens is 306 g/mol. The van der Waals surface area contributed by atoms with Crippen LogP contribution in [0.4, 0.5) is 0 Å². The van der Waals surface area contributed by atoms with Gasteiger partial charge in [-0.2, -0.15) is 10.1 Å². The van der Waals surface area contributed by atoms with Crippen molar-refractivity contribution in [2.45, 2.75) is 0 Å². The van der Waals surface area contributed by atoms with Crippen molar-refractivity contribution in [3.05, 3.63) is 77.3 Å². The Balaban J connectivity index is 1.77. The van der Waals surface area contributed by atoms with Gasteiger partial charge in [0.1, 0.15) is 0 Å². The lowest BCUT2D eigenvalue weighted by Gasteiger charge is -2.04. The molecule has 0 aliphatic heterocycles. The summed E-state index contributed by atoms with van der Waals surface area (Å²) in [6, 6.07) is 14.5. The molecule has 0 saturated heterocycles. The van der Waals surface area contributed by atoms with Crippen LogP contribution in [0.3, 0.4) is 0 Å². The summed E-state index contributed by atoms with van der Waals surface area (Å²) in [5, 5.41) is 8.20. The van der Waals surface area contributed by atoms with Crippen LogP contribution >= 0.6 is 0 Å². The molecule has 0 saturated carbocycles. The van der Waals surface area contributed by atoms with Gasteiger partial charge in [-0.15, -0.1) is 0 Å². The first kappa shape index (κ1) is 14.0. The third kappa shape index (κ3) is 2.58. The van der Waals surface area contributed by atoms with E-state index in [2.05, 4.69) is 20.2 Å². The largest absolute Gasteiger partial charge is 0.332 e. The summed E-state index contributed by atoms with van der Waals surface area (Å²) >= 11 is 0. The Morgan fingerprint density at radius 3 is 2.67 bits per heavy atom. The summed E-state index contributed by atoms with van der Waals surface area (Å²) in [7, 11) is 0. The lowest BCUT2D eigenvalue weighted by atomic mass is 10.3. The van der Waals surface area contributed by atoms with Gasteiger partial charge in [-0.25, -0.2) is 4.68 Å². The minimum atomic E-state index is -0.288. The molecule has 7 nitrogen and oxygen atoms in total. The van der Waals surface area contributed by atoms with Gasteiger partial charge in [-0.3, -0.25) is 9.78 Å². The zero-order valence-electron chi connectivity index (χ0n) is 12.4. The lowest BCUT2D eigenvalue weighted by Crippen LogP contribution is -2.12. The molecule has 4 rings (SSSR count). The second-order valence-electron chi connectivity index (χ2n) is 4.97.